The molecule has 0 spiro atoms. The molecule has 0 bridgehead atoms. The first-order chi connectivity index (χ1) is 10.6. The van der Waals surface area contributed by atoms with Crippen molar-refractivity contribution in [2.45, 2.75) is 19.5 Å². The third-order valence-corrected chi connectivity index (χ3v) is 3.77. The van der Waals surface area contributed by atoms with Gasteiger partial charge >= 0.3 is 5.97 Å². The standard InChI is InChI=1S/C17H18N2O3/c1-12-8-13(10-18-9-12)11-19-6-7-22-15-5-3-2-4-14(15)16(19)17(20)21/h2-5,8-10,16H,6-7,11H2,1H3,(H,20,21). The summed E-state index contributed by atoms with van der Waals surface area (Å²) in [5.41, 5.74) is 2.77. The molecule has 0 saturated heterocycles. The second-order valence-electron chi connectivity index (χ2n) is 5.47. The molecule has 1 N–H and O–H groups in total. The normalized spacial score (nSPS) is 18.1. The fraction of sp³-hybridized carbons (Fsp3) is 0.294. The minimum Gasteiger partial charge on any atom is -0.492 e. The van der Waals surface area contributed by atoms with Crippen LogP contribution in [0, 0.1) is 6.92 Å². The molecule has 0 radical (unpaired) electrons. The number of aromatic nitrogens is 1. The lowest BCUT2D eigenvalue weighted by molar-refractivity contribution is -0.143. The molecule has 1 aliphatic rings. The number of hydrogen-bond acceptors (Lipinski definition) is 4. The van der Waals surface area contributed by atoms with Crippen molar-refractivity contribution in [1.29, 1.82) is 0 Å². The number of rotatable bonds is 3. The molecule has 2 heterocycles. The van der Waals surface area contributed by atoms with Gasteiger partial charge in [0.15, 0.2) is 0 Å². The summed E-state index contributed by atoms with van der Waals surface area (Å²) in [7, 11) is 0. The minimum absolute atomic E-state index is 0.472. The van der Waals surface area contributed by atoms with Gasteiger partial charge in [0, 0.05) is 31.0 Å². The van der Waals surface area contributed by atoms with E-state index in [1.54, 1.807) is 12.4 Å². The molecule has 114 valence electrons. The fourth-order valence-electron chi connectivity index (χ4n) is 2.83. The quantitative estimate of drug-likeness (QED) is 0.943. The molecule has 5 nitrogen and oxygen atoms in total. The zero-order valence-corrected chi connectivity index (χ0v) is 12.4. The van der Waals surface area contributed by atoms with E-state index in [-0.39, 0.29) is 0 Å². The predicted octanol–water partition coefficient (Wildman–Crippen LogP) is 2.41. The molecular weight excluding hydrogens is 280 g/mol. The Morgan fingerprint density at radius 2 is 2.23 bits per heavy atom. The van der Waals surface area contributed by atoms with Gasteiger partial charge in [-0.3, -0.25) is 14.7 Å². The Balaban J connectivity index is 1.94. The van der Waals surface area contributed by atoms with E-state index in [9.17, 15) is 9.90 Å². The van der Waals surface area contributed by atoms with Gasteiger partial charge in [-0.05, 0) is 24.1 Å². The van der Waals surface area contributed by atoms with Crippen molar-refractivity contribution in [3.8, 4) is 5.75 Å². The average Bonchev–Trinajstić information content (AvgIpc) is 2.66. The highest BCUT2D eigenvalue weighted by atomic mass is 16.5. The molecule has 0 saturated carbocycles. The lowest BCUT2D eigenvalue weighted by atomic mass is 10.0. The van der Waals surface area contributed by atoms with Gasteiger partial charge in [0.05, 0.1) is 0 Å². The number of fused-ring (bicyclic) bond motifs is 1. The van der Waals surface area contributed by atoms with Gasteiger partial charge in [-0.15, -0.1) is 0 Å². The van der Waals surface area contributed by atoms with Crippen LogP contribution in [0.5, 0.6) is 5.75 Å². The largest absolute Gasteiger partial charge is 0.492 e. The molecule has 3 rings (SSSR count). The molecule has 2 aromatic rings. The average molecular weight is 298 g/mol. The summed E-state index contributed by atoms with van der Waals surface area (Å²) in [5.74, 6) is -0.210. The van der Waals surface area contributed by atoms with Crippen LogP contribution in [0.2, 0.25) is 0 Å². The molecule has 0 fully saturated rings. The molecule has 0 aliphatic carbocycles. The Morgan fingerprint density at radius 3 is 3.00 bits per heavy atom. The Morgan fingerprint density at radius 1 is 1.41 bits per heavy atom. The van der Waals surface area contributed by atoms with Gasteiger partial charge in [-0.25, -0.2) is 0 Å². The zero-order chi connectivity index (χ0) is 15.5. The van der Waals surface area contributed by atoms with Crippen LogP contribution in [0.4, 0.5) is 0 Å². The van der Waals surface area contributed by atoms with Crippen molar-refractivity contribution in [2.24, 2.45) is 0 Å². The van der Waals surface area contributed by atoms with Crippen molar-refractivity contribution in [3.05, 3.63) is 59.4 Å². The molecule has 1 aliphatic heterocycles. The van der Waals surface area contributed by atoms with Gasteiger partial charge in [0.2, 0.25) is 0 Å². The molecular formula is C17H18N2O3. The van der Waals surface area contributed by atoms with Gasteiger partial charge in [-0.2, -0.15) is 0 Å². The van der Waals surface area contributed by atoms with Crippen molar-refractivity contribution in [2.75, 3.05) is 13.2 Å². The van der Waals surface area contributed by atoms with Crippen LogP contribution in [0.25, 0.3) is 0 Å². The minimum atomic E-state index is -0.862. The van der Waals surface area contributed by atoms with Crippen LogP contribution in [-0.2, 0) is 11.3 Å². The van der Waals surface area contributed by atoms with Gasteiger partial charge in [0.1, 0.15) is 18.4 Å². The second-order valence-corrected chi connectivity index (χ2v) is 5.47. The maximum absolute atomic E-state index is 11.8. The number of carbonyl (C=O) groups is 1. The molecule has 1 aromatic carbocycles. The van der Waals surface area contributed by atoms with Crippen LogP contribution in [0.1, 0.15) is 22.7 Å². The van der Waals surface area contributed by atoms with Gasteiger partial charge in [-0.1, -0.05) is 24.3 Å². The highest BCUT2D eigenvalue weighted by Gasteiger charge is 2.32. The van der Waals surface area contributed by atoms with Crippen LogP contribution in [-0.4, -0.2) is 34.1 Å². The summed E-state index contributed by atoms with van der Waals surface area (Å²) in [4.78, 5) is 17.9. The Kier molecular flexibility index (Phi) is 4.06. The summed E-state index contributed by atoms with van der Waals surface area (Å²) in [6, 6.07) is 8.67. The predicted molar refractivity (Wildman–Crippen MR) is 81.7 cm³/mol. The van der Waals surface area contributed by atoms with E-state index in [2.05, 4.69) is 4.98 Å². The molecule has 1 aromatic heterocycles. The Labute approximate surface area is 129 Å². The highest BCUT2D eigenvalue weighted by Crippen LogP contribution is 2.32. The number of aliphatic carboxylic acids is 1. The van der Waals surface area contributed by atoms with Crippen LogP contribution in [0.3, 0.4) is 0 Å². The third-order valence-electron chi connectivity index (χ3n) is 3.77. The fourth-order valence-corrected chi connectivity index (χ4v) is 2.83. The molecule has 1 unspecified atom stereocenters. The number of benzene rings is 1. The van der Waals surface area contributed by atoms with Gasteiger partial charge in [0.25, 0.3) is 0 Å². The first kappa shape index (κ1) is 14.5. The number of nitrogens with zero attached hydrogens (tertiary/aromatic N) is 2. The lowest BCUT2D eigenvalue weighted by Crippen LogP contribution is -2.34. The van der Waals surface area contributed by atoms with Crippen molar-refractivity contribution in [3.63, 3.8) is 0 Å². The van der Waals surface area contributed by atoms with E-state index in [1.807, 2.05) is 42.2 Å². The van der Waals surface area contributed by atoms with E-state index in [0.29, 0.717) is 31.0 Å². The number of carboxylic acid groups (broad SMARTS) is 1. The second kappa shape index (κ2) is 6.15. The number of hydrogen-bond donors (Lipinski definition) is 1. The van der Waals surface area contributed by atoms with Crippen molar-refractivity contribution >= 4 is 5.97 Å². The van der Waals surface area contributed by atoms with E-state index in [0.717, 1.165) is 11.1 Å². The molecule has 22 heavy (non-hydrogen) atoms. The zero-order valence-electron chi connectivity index (χ0n) is 12.4. The van der Waals surface area contributed by atoms with E-state index in [4.69, 9.17) is 4.74 Å². The molecule has 5 heteroatoms. The highest BCUT2D eigenvalue weighted by molar-refractivity contribution is 5.77. The van der Waals surface area contributed by atoms with Crippen LogP contribution >= 0.6 is 0 Å². The summed E-state index contributed by atoms with van der Waals surface area (Å²) >= 11 is 0. The number of aryl methyl sites for hydroxylation is 1. The number of pyridine rings is 1. The monoisotopic (exact) mass is 298 g/mol. The van der Waals surface area contributed by atoms with Crippen molar-refractivity contribution < 1.29 is 14.6 Å². The summed E-state index contributed by atoms with van der Waals surface area (Å²) < 4.78 is 5.70. The number of carboxylic acids is 1. The topological polar surface area (TPSA) is 62.7 Å². The van der Waals surface area contributed by atoms with Crippen LogP contribution < -0.4 is 4.74 Å². The first-order valence-corrected chi connectivity index (χ1v) is 7.24. The Hall–Kier alpha value is -2.40. The Bertz CT molecular complexity index is 687. The van der Waals surface area contributed by atoms with Crippen LogP contribution in [0.15, 0.2) is 42.7 Å². The van der Waals surface area contributed by atoms with Crippen molar-refractivity contribution in [1.82, 2.24) is 9.88 Å². The molecule has 0 amide bonds. The number of para-hydroxylation sites is 1. The summed E-state index contributed by atoms with van der Waals surface area (Å²) in [5, 5.41) is 9.70. The van der Waals surface area contributed by atoms with Gasteiger partial charge < -0.3 is 9.84 Å². The smallest absolute Gasteiger partial charge is 0.325 e. The van der Waals surface area contributed by atoms with E-state index < -0.39 is 12.0 Å². The van der Waals surface area contributed by atoms with E-state index >= 15 is 0 Å². The SMILES string of the molecule is Cc1cncc(CN2CCOc3ccccc3C2C(=O)O)c1. The summed E-state index contributed by atoms with van der Waals surface area (Å²) in [6.45, 7) is 3.54. The maximum atomic E-state index is 11.8. The number of ether oxygens (including phenoxy) is 1. The maximum Gasteiger partial charge on any atom is 0.325 e. The van der Waals surface area contributed by atoms with E-state index in [1.165, 1.54) is 0 Å². The third kappa shape index (κ3) is 2.94. The molecule has 1 atom stereocenters. The summed E-state index contributed by atoms with van der Waals surface area (Å²) in [6.07, 6.45) is 3.57. The lowest BCUT2D eigenvalue weighted by Gasteiger charge is -2.26. The first-order valence-electron chi connectivity index (χ1n) is 7.24.